The zero-order valence-electron chi connectivity index (χ0n) is 10.4. The predicted octanol–water partition coefficient (Wildman–Crippen LogP) is 2.42. The van der Waals surface area contributed by atoms with E-state index < -0.39 is 6.10 Å². The molecule has 1 aromatic heterocycles. The maximum Gasteiger partial charge on any atom is 0.123 e. The number of benzene rings is 1. The summed E-state index contributed by atoms with van der Waals surface area (Å²) in [6, 6.07) is 7.79. The fraction of sp³-hybridized carbons (Fsp3) is 0.286. The number of rotatable bonds is 7. The number of hydrogen-bond donors (Lipinski definition) is 2. The van der Waals surface area contributed by atoms with Gasteiger partial charge >= 0.3 is 0 Å². The molecule has 3 nitrogen and oxygen atoms in total. The molecule has 0 fully saturated rings. The molecular formula is C14H16FNO2S. The van der Waals surface area contributed by atoms with Gasteiger partial charge in [0.1, 0.15) is 24.3 Å². The van der Waals surface area contributed by atoms with Crippen LogP contribution < -0.4 is 10.1 Å². The van der Waals surface area contributed by atoms with Gasteiger partial charge in [-0.2, -0.15) is 11.3 Å². The largest absolute Gasteiger partial charge is 0.491 e. The van der Waals surface area contributed by atoms with Gasteiger partial charge in [-0.15, -0.1) is 0 Å². The standard InChI is InChI=1S/C14H16FNO2S/c15-12-1-3-14(4-2-12)18-9-13(17)8-16-7-11-5-6-19-10-11/h1-6,10,13,16-17H,7-9H2. The number of aliphatic hydroxyl groups is 1. The highest BCUT2D eigenvalue weighted by molar-refractivity contribution is 7.07. The predicted molar refractivity (Wildman–Crippen MR) is 73.9 cm³/mol. The fourth-order valence-electron chi connectivity index (χ4n) is 1.56. The molecule has 5 heteroatoms. The highest BCUT2D eigenvalue weighted by Gasteiger charge is 2.05. The molecule has 0 aliphatic heterocycles. The Kier molecular flexibility index (Phi) is 5.32. The Morgan fingerprint density at radius 3 is 2.74 bits per heavy atom. The van der Waals surface area contributed by atoms with Crippen molar-refractivity contribution in [3.63, 3.8) is 0 Å². The molecule has 0 aliphatic carbocycles. The molecule has 1 heterocycles. The van der Waals surface area contributed by atoms with Crippen LogP contribution in [0, 0.1) is 5.82 Å². The molecule has 0 saturated heterocycles. The van der Waals surface area contributed by atoms with Crippen molar-refractivity contribution in [3.8, 4) is 5.75 Å². The third-order valence-corrected chi connectivity index (χ3v) is 3.28. The Bertz CT molecular complexity index is 473. The number of halogens is 1. The van der Waals surface area contributed by atoms with Crippen molar-refractivity contribution in [2.45, 2.75) is 12.6 Å². The Hall–Kier alpha value is -1.43. The number of ether oxygens (including phenoxy) is 1. The van der Waals surface area contributed by atoms with Crippen LogP contribution in [0.15, 0.2) is 41.1 Å². The summed E-state index contributed by atoms with van der Waals surface area (Å²) in [5, 5.41) is 17.0. The minimum atomic E-state index is -0.594. The van der Waals surface area contributed by atoms with Gasteiger partial charge in [0, 0.05) is 13.1 Å². The van der Waals surface area contributed by atoms with Crippen LogP contribution in [0.1, 0.15) is 5.56 Å². The number of nitrogens with one attached hydrogen (secondary N) is 1. The number of thiophene rings is 1. The molecule has 19 heavy (non-hydrogen) atoms. The van der Waals surface area contributed by atoms with E-state index >= 15 is 0 Å². The number of aliphatic hydroxyl groups excluding tert-OH is 1. The Labute approximate surface area is 115 Å². The third-order valence-electron chi connectivity index (χ3n) is 2.55. The molecule has 1 atom stereocenters. The van der Waals surface area contributed by atoms with Crippen molar-refractivity contribution in [3.05, 3.63) is 52.5 Å². The lowest BCUT2D eigenvalue weighted by Gasteiger charge is -2.13. The van der Waals surface area contributed by atoms with Gasteiger partial charge in [-0.1, -0.05) is 0 Å². The van der Waals surface area contributed by atoms with Crippen molar-refractivity contribution >= 4 is 11.3 Å². The third kappa shape index (κ3) is 4.98. The Balaban J connectivity index is 1.64. The first-order valence-electron chi connectivity index (χ1n) is 6.02. The molecule has 0 spiro atoms. The van der Waals surface area contributed by atoms with Gasteiger partial charge in [0.15, 0.2) is 0 Å². The Morgan fingerprint density at radius 2 is 2.05 bits per heavy atom. The van der Waals surface area contributed by atoms with E-state index in [2.05, 4.69) is 10.7 Å². The van der Waals surface area contributed by atoms with Gasteiger partial charge in [0.25, 0.3) is 0 Å². The molecule has 0 amide bonds. The van der Waals surface area contributed by atoms with Gasteiger partial charge in [-0.05, 0) is 46.7 Å². The van der Waals surface area contributed by atoms with Crippen LogP contribution in [0.5, 0.6) is 5.75 Å². The zero-order valence-corrected chi connectivity index (χ0v) is 11.2. The van der Waals surface area contributed by atoms with Gasteiger partial charge in [0.2, 0.25) is 0 Å². The van der Waals surface area contributed by atoms with Crippen LogP contribution in [-0.2, 0) is 6.54 Å². The van der Waals surface area contributed by atoms with E-state index in [1.54, 1.807) is 23.5 Å². The summed E-state index contributed by atoms with van der Waals surface area (Å²) < 4.78 is 18.0. The van der Waals surface area contributed by atoms with Gasteiger partial charge < -0.3 is 15.2 Å². The molecule has 0 radical (unpaired) electrons. The molecule has 0 bridgehead atoms. The summed E-state index contributed by atoms with van der Waals surface area (Å²) in [4.78, 5) is 0. The fourth-order valence-corrected chi connectivity index (χ4v) is 2.23. The van der Waals surface area contributed by atoms with Crippen molar-refractivity contribution in [2.75, 3.05) is 13.2 Å². The first-order valence-corrected chi connectivity index (χ1v) is 6.96. The van der Waals surface area contributed by atoms with E-state index in [9.17, 15) is 9.50 Å². The minimum absolute atomic E-state index is 0.183. The van der Waals surface area contributed by atoms with Crippen LogP contribution in [0.4, 0.5) is 4.39 Å². The molecule has 0 aliphatic rings. The highest BCUT2D eigenvalue weighted by atomic mass is 32.1. The molecule has 2 aromatic rings. The SMILES string of the molecule is OC(CNCc1ccsc1)COc1ccc(F)cc1. The van der Waals surface area contributed by atoms with Gasteiger partial charge in [0.05, 0.1) is 0 Å². The van der Waals surface area contributed by atoms with Crippen molar-refractivity contribution in [1.82, 2.24) is 5.32 Å². The first kappa shape index (κ1) is 14.0. The van der Waals surface area contributed by atoms with Crippen LogP contribution in [0.2, 0.25) is 0 Å². The van der Waals surface area contributed by atoms with E-state index in [-0.39, 0.29) is 12.4 Å². The number of hydrogen-bond acceptors (Lipinski definition) is 4. The van der Waals surface area contributed by atoms with Gasteiger partial charge in [-0.25, -0.2) is 4.39 Å². The molecule has 2 N–H and O–H groups in total. The second-order valence-electron chi connectivity index (χ2n) is 4.18. The monoisotopic (exact) mass is 281 g/mol. The highest BCUT2D eigenvalue weighted by Crippen LogP contribution is 2.11. The Morgan fingerprint density at radius 1 is 1.26 bits per heavy atom. The minimum Gasteiger partial charge on any atom is -0.491 e. The van der Waals surface area contributed by atoms with E-state index in [4.69, 9.17) is 4.74 Å². The van der Waals surface area contributed by atoms with E-state index in [1.165, 1.54) is 17.7 Å². The van der Waals surface area contributed by atoms with E-state index in [1.807, 2.05) is 11.4 Å². The van der Waals surface area contributed by atoms with Crippen LogP contribution in [-0.4, -0.2) is 24.4 Å². The lowest BCUT2D eigenvalue weighted by Crippen LogP contribution is -2.31. The van der Waals surface area contributed by atoms with Crippen LogP contribution in [0.25, 0.3) is 0 Å². The normalized spacial score (nSPS) is 12.3. The molecular weight excluding hydrogens is 265 g/mol. The lowest BCUT2D eigenvalue weighted by molar-refractivity contribution is 0.106. The molecule has 1 aromatic carbocycles. The molecule has 0 saturated carbocycles. The summed E-state index contributed by atoms with van der Waals surface area (Å²) in [5.41, 5.74) is 1.21. The molecule has 2 rings (SSSR count). The maximum absolute atomic E-state index is 12.7. The molecule has 1 unspecified atom stereocenters. The summed E-state index contributed by atoms with van der Waals surface area (Å²) in [6.45, 7) is 1.37. The smallest absolute Gasteiger partial charge is 0.123 e. The average Bonchev–Trinajstić information content (AvgIpc) is 2.91. The van der Waals surface area contributed by atoms with Crippen molar-refractivity contribution in [1.29, 1.82) is 0 Å². The summed E-state index contributed by atoms with van der Waals surface area (Å²) in [7, 11) is 0. The van der Waals surface area contributed by atoms with Crippen molar-refractivity contribution < 1.29 is 14.2 Å². The summed E-state index contributed by atoms with van der Waals surface area (Å²) >= 11 is 1.65. The zero-order chi connectivity index (χ0) is 13.5. The van der Waals surface area contributed by atoms with Crippen LogP contribution >= 0.6 is 11.3 Å². The van der Waals surface area contributed by atoms with Gasteiger partial charge in [-0.3, -0.25) is 0 Å². The average molecular weight is 281 g/mol. The van der Waals surface area contributed by atoms with E-state index in [0.29, 0.717) is 12.3 Å². The summed E-state index contributed by atoms with van der Waals surface area (Å²) in [5.74, 6) is 0.253. The quantitative estimate of drug-likeness (QED) is 0.819. The second-order valence-corrected chi connectivity index (χ2v) is 4.96. The summed E-state index contributed by atoms with van der Waals surface area (Å²) in [6.07, 6.45) is -0.594. The van der Waals surface area contributed by atoms with Crippen LogP contribution in [0.3, 0.4) is 0 Å². The first-order chi connectivity index (χ1) is 9.24. The topological polar surface area (TPSA) is 41.5 Å². The molecule has 102 valence electrons. The second kappa shape index (κ2) is 7.23. The van der Waals surface area contributed by atoms with E-state index in [0.717, 1.165) is 6.54 Å². The maximum atomic E-state index is 12.7. The van der Waals surface area contributed by atoms with Crippen molar-refractivity contribution in [2.24, 2.45) is 0 Å². The lowest BCUT2D eigenvalue weighted by atomic mass is 10.3.